The summed E-state index contributed by atoms with van der Waals surface area (Å²) in [7, 11) is -3.38. The highest BCUT2D eigenvalue weighted by Crippen LogP contribution is 2.34. The van der Waals surface area contributed by atoms with E-state index in [9.17, 15) is 13.2 Å². The number of pyridine rings is 1. The average Bonchev–Trinajstić information content (AvgIpc) is 3.14. The van der Waals surface area contributed by atoms with Crippen LogP contribution in [0.1, 0.15) is 34.8 Å². The van der Waals surface area contributed by atoms with E-state index in [0.29, 0.717) is 35.8 Å². The van der Waals surface area contributed by atoms with Gasteiger partial charge in [0, 0.05) is 37.0 Å². The van der Waals surface area contributed by atoms with Crippen LogP contribution >= 0.6 is 0 Å². The third-order valence-electron chi connectivity index (χ3n) is 4.91. The quantitative estimate of drug-likeness (QED) is 0.802. The van der Waals surface area contributed by atoms with Crippen molar-refractivity contribution < 1.29 is 22.7 Å². The molecule has 2 aliphatic heterocycles. The topological polar surface area (TPSA) is 85.8 Å². The van der Waals surface area contributed by atoms with Crippen molar-refractivity contribution >= 4 is 15.7 Å². The summed E-state index contributed by atoms with van der Waals surface area (Å²) in [6.07, 6.45) is 4.37. The summed E-state index contributed by atoms with van der Waals surface area (Å²) >= 11 is 0. The number of sulfone groups is 1. The van der Waals surface area contributed by atoms with Crippen molar-refractivity contribution in [3.05, 3.63) is 47.8 Å². The summed E-state index contributed by atoms with van der Waals surface area (Å²) in [6.45, 7) is 1.23. The minimum Gasteiger partial charge on any atom is -0.454 e. The molecule has 3 heterocycles. The average molecular weight is 388 g/mol. The van der Waals surface area contributed by atoms with Gasteiger partial charge < -0.3 is 14.4 Å². The number of ether oxygens (including phenoxy) is 2. The van der Waals surface area contributed by atoms with Crippen molar-refractivity contribution in [1.82, 2.24) is 9.88 Å². The smallest absolute Gasteiger partial charge is 0.254 e. The fourth-order valence-corrected chi connectivity index (χ4v) is 4.54. The van der Waals surface area contributed by atoms with Crippen molar-refractivity contribution in [2.45, 2.75) is 23.7 Å². The van der Waals surface area contributed by atoms with Crippen LogP contribution in [0.5, 0.6) is 11.5 Å². The number of rotatable bonds is 3. The van der Waals surface area contributed by atoms with Gasteiger partial charge in [0.1, 0.15) is 0 Å². The van der Waals surface area contributed by atoms with Gasteiger partial charge in [-0.1, -0.05) is 0 Å². The molecular weight excluding hydrogens is 368 g/mol. The number of nitrogens with zero attached hydrogens (tertiary/aromatic N) is 2. The number of aromatic nitrogens is 1. The first-order valence-corrected chi connectivity index (χ1v) is 10.7. The van der Waals surface area contributed by atoms with Gasteiger partial charge in [-0.25, -0.2) is 8.42 Å². The third-order valence-corrected chi connectivity index (χ3v) is 6.06. The van der Waals surface area contributed by atoms with E-state index in [4.69, 9.17) is 9.47 Å². The maximum atomic E-state index is 12.9. The van der Waals surface area contributed by atoms with Crippen LogP contribution in [-0.2, 0) is 9.84 Å². The lowest BCUT2D eigenvalue weighted by Gasteiger charge is -2.33. The van der Waals surface area contributed by atoms with Gasteiger partial charge in [0.25, 0.3) is 5.91 Å². The molecule has 0 N–H and O–H groups in total. The van der Waals surface area contributed by atoms with E-state index >= 15 is 0 Å². The molecule has 1 saturated heterocycles. The highest BCUT2D eigenvalue weighted by Gasteiger charge is 2.30. The standard InChI is InChI=1S/C19H20N2O5S/c1-27(23,24)17-5-2-8-20-18(17)14-4-3-9-21(11-14)19(22)13-6-7-15-16(10-13)26-12-25-15/h2,5-8,10,14H,3-4,9,11-12H2,1H3. The second-order valence-corrected chi connectivity index (χ2v) is 8.80. The Morgan fingerprint density at radius 2 is 2.04 bits per heavy atom. The maximum absolute atomic E-state index is 12.9. The third kappa shape index (κ3) is 3.49. The molecule has 0 bridgehead atoms. The molecule has 1 aromatic heterocycles. The van der Waals surface area contributed by atoms with Crippen LogP contribution in [0.3, 0.4) is 0 Å². The largest absolute Gasteiger partial charge is 0.454 e. The molecule has 0 radical (unpaired) electrons. The van der Waals surface area contributed by atoms with Crippen LogP contribution in [0.4, 0.5) is 0 Å². The second-order valence-electron chi connectivity index (χ2n) is 6.82. The predicted molar refractivity (Wildman–Crippen MR) is 97.8 cm³/mol. The monoisotopic (exact) mass is 388 g/mol. The molecule has 2 aromatic rings. The number of likely N-dealkylation sites (tertiary alicyclic amines) is 1. The number of hydrogen-bond acceptors (Lipinski definition) is 6. The normalized spacial score (nSPS) is 19.1. The van der Waals surface area contributed by atoms with Gasteiger partial charge in [-0.05, 0) is 43.2 Å². The van der Waals surface area contributed by atoms with Gasteiger partial charge in [-0.15, -0.1) is 0 Å². The SMILES string of the molecule is CS(=O)(=O)c1cccnc1C1CCCN(C(=O)c2ccc3c(c2)OCO3)C1. The maximum Gasteiger partial charge on any atom is 0.254 e. The Morgan fingerprint density at radius 1 is 1.22 bits per heavy atom. The van der Waals surface area contributed by atoms with Gasteiger partial charge in [0.2, 0.25) is 6.79 Å². The molecule has 1 atom stereocenters. The summed E-state index contributed by atoms with van der Waals surface area (Å²) in [5.41, 5.74) is 1.08. The zero-order valence-electron chi connectivity index (χ0n) is 14.9. The van der Waals surface area contributed by atoms with Crippen LogP contribution in [-0.4, -0.2) is 50.3 Å². The molecule has 1 unspecified atom stereocenters. The molecule has 4 rings (SSSR count). The van der Waals surface area contributed by atoms with E-state index in [1.165, 1.54) is 6.26 Å². The molecule has 0 spiro atoms. The van der Waals surface area contributed by atoms with Crippen molar-refractivity contribution in [2.75, 3.05) is 26.1 Å². The minimum atomic E-state index is -3.38. The molecule has 142 valence electrons. The minimum absolute atomic E-state index is 0.102. The zero-order chi connectivity index (χ0) is 19.0. The van der Waals surface area contributed by atoms with Crippen molar-refractivity contribution in [3.63, 3.8) is 0 Å². The number of fused-ring (bicyclic) bond motifs is 1. The summed E-state index contributed by atoms with van der Waals surface area (Å²) in [4.78, 5) is 19.3. The summed E-state index contributed by atoms with van der Waals surface area (Å²) in [6, 6.07) is 8.35. The summed E-state index contributed by atoms with van der Waals surface area (Å²) < 4.78 is 34.8. The van der Waals surface area contributed by atoms with Gasteiger partial charge in [0.05, 0.1) is 10.6 Å². The molecule has 0 aliphatic carbocycles. The molecule has 2 aliphatic rings. The number of amides is 1. The number of carbonyl (C=O) groups is 1. The lowest BCUT2D eigenvalue weighted by molar-refractivity contribution is 0.0704. The van der Waals surface area contributed by atoms with Crippen LogP contribution in [0.25, 0.3) is 0 Å². The van der Waals surface area contributed by atoms with E-state index < -0.39 is 9.84 Å². The number of benzene rings is 1. The Balaban J connectivity index is 1.58. The lowest BCUT2D eigenvalue weighted by Crippen LogP contribution is -2.39. The molecule has 8 heteroatoms. The molecule has 7 nitrogen and oxygen atoms in total. The first-order chi connectivity index (χ1) is 12.9. The number of carbonyl (C=O) groups excluding carboxylic acids is 1. The number of piperidine rings is 1. The lowest BCUT2D eigenvalue weighted by atomic mass is 9.93. The fourth-order valence-electron chi connectivity index (χ4n) is 3.62. The first kappa shape index (κ1) is 17.8. The number of hydrogen-bond donors (Lipinski definition) is 0. The summed E-state index contributed by atoms with van der Waals surface area (Å²) in [5, 5.41) is 0. The summed E-state index contributed by atoms with van der Waals surface area (Å²) in [5.74, 6) is 0.991. The van der Waals surface area contributed by atoms with E-state index in [1.54, 1.807) is 41.4 Å². The molecule has 0 saturated carbocycles. The molecule has 1 amide bonds. The Bertz CT molecular complexity index is 989. The van der Waals surface area contributed by atoms with Crippen molar-refractivity contribution in [2.24, 2.45) is 0 Å². The highest BCUT2D eigenvalue weighted by atomic mass is 32.2. The Morgan fingerprint density at radius 3 is 2.85 bits per heavy atom. The van der Waals surface area contributed by atoms with Gasteiger partial charge >= 0.3 is 0 Å². The van der Waals surface area contributed by atoms with Gasteiger partial charge in [0.15, 0.2) is 21.3 Å². The van der Waals surface area contributed by atoms with E-state index in [-0.39, 0.29) is 23.5 Å². The predicted octanol–water partition coefficient (Wildman–Crippen LogP) is 2.23. The Kier molecular flexibility index (Phi) is 4.51. The van der Waals surface area contributed by atoms with E-state index in [2.05, 4.69) is 4.98 Å². The Hall–Kier alpha value is -2.61. The first-order valence-electron chi connectivity index (χ1n) is 8.77. The van der Waals surface area contributed by atoms with Gasteiger partial charge in [-0.3, -0.25) is 9.78 Å². The van der Waals surface area contributed by atoms with E-state index in [0.717, 1.165) is 12.8 Å². The molecular formula is C19H20N2O5S. The second kappa shape index (κ2) is 6.84. The molecule has 1 aromatic carbocycles. The van der Waals surface area contributed by atoms with Crippen LogP contribution in [0.15, 0.2) is 41.4 Å². The zero-order valence-corrected chi connectivity index (χ0v) is 15.7. The van der Waals surface area contributed by atoms with E-state index in [1.807, 2.05) is 0 Å². The van der Waals surface area contributed by atoms with Crippen LogP contribution in [0, 0.1) is 0 Å². The Labute approximate surface area is 157 Å². The van der Waals surface area contributed by atoms with Crippen molar-refractivity contribution in [1.29, 1.82) is 0 Å². The fraction of sp³-hybridized carbons (Fsp3) is 0.368. The van der Waals surface area contributed by atoms with Crippen LogP contribution < -0.4 is 9.47 Å². The highest BCUT2D eigenvalue weighted by molar-refractivity contribution is 7.90. The van der Waals surface area contributed by atoms with Crippen molar-refractivity contribution in [3.8, 4) is 11.5 Å². The molecule has 27 heavy (non-hydrogen) atoms. The van der Waals surface area contributed by atoms with Crippen LogP contribution in [0.2, 0.25) is 0 Å². The molecule has 1 fully saturated rings. The van der Waals surface area contributed by atoms with Gasteiger partial charge in [-0.2, -0.15) is 0 Å².